The molecular weight excluding hydrogens is 424 g/mol. The monoisotopic (exact) mass is 444 g/mol. The number of halogens is 2. The van der Waals surface area contributed by atoms with Gasteiger partial charge in [-0.15, -0.1) is 0 Å². The first-order valence-corrected chi connectivity index (χ1v) is 10.5. The summed E-state index contributed by atoms with van der Waals surface area (Å²) < 4.78 is 1.04. The first kappa shape index (κ1) is 18.7. The zero-order chi connectivity index (χ0) is 18.8. The molecule has 140 valence electrons. The molecule has 0 spiro atoms. The number of fused-ring (bicyclic) bond motifs is 1. The summed E-state index contributed by atoms with van der Waals surface area (Å²) in [6.45, 7) is 3.30. The van der Waals surface area contributed by atoms with Gasteiger partial charge >= 0.3 is 0 Å². The Bertz CT molecular complexity index is 939. The molecule has 2 aromatic carbocycles. The number of nitrogens with zero attached hydrogens (tertiary/aromatic N) is 2. The van der Waals surface area contributed by atoms with Crippen molar-refractivity contribution < 1.29 is 0 Å². The molecule has 0 radical (unpaired) electrons. The number of nitrogens with one attached hydrogen (secondary N) is 2. The molecule has 3 aromatic rings. The molecule has 2 N–H and O–H groups in total. The van der Waals surface area contributed by atoms with Gasteiger partial charge in [-0.05, 0) is 56.1 Å². The van der Waals surface area contributed by atoms with E-state index in [1.807, 2.05) is 42.5 Å². The summed E-state index contributed by atoms with van der Waals surface area (Å²) in [5, 5.41) is 8.93. The first-order chi connectivity index (χ1) is 13.1. The van der Waals surface area contributed by atoms with Crippen LogP contribution < -0.4 is 10.6 Å². The van der Waals surface area contributed by atoms with Gasteiger partial charge < -0.3 is 10.6 Å². The topological polar surface area (TPSA) is 49.8 Å². The van der Waals surface area contributed by atoms with Crippen LogP contribution in [0.5, 0.6) is 0 Å². The average Bonchev–Trinajstić information content (AvgIpc) is 3.21. The van der Waals surface area contributed by atoms with Gasteiger partial charge in [-0.25, -0.2) is 9.97 Å². The van der Waals surface area contributed by atoms with E-state index in [4.69, 9.17) is 21.6 Å². The molecule has 6 heteroatoms. The molecular formula is C21H22BrClN4. The predicted octanol–water partition coefficient (Wildman–Crippen LogP) is 5.66. The Kier molecular flexibility index (Phi) is 5.62. The van der Waals surface area contributed by atoms with Gasteiger partial charge in [0.25, 0.3) is 0 Å². The number of rotatable bonds is 5. The maximum Gasteiger partial charge on any atom is 0.162 e. The fraction of sp³-hybridized carbons (Fsp3) is 0.333. The largest absolute Gasteiger partial charge is 0.365 e. The van der Waals surface area contributed by atoms with E-state index >= 15 is 0 Å². The van der Waals surface area contributed by atoms with Crippen molar-refractivity contribution in [3.05, 3.63) is 52.0 Å². The van der Waals surface area contributed by atoms with Gasteiger partial charge in [-0.1, -0.05) is 46.6 Å². The Balaban J connectivity index is 1.78. The van der Waals surface area contributed by atoms with Crippen LogP contribution in [0.15, 0.2) is 46.9 Å². The lowest BCUT2D eigenvalue weighted by Gasteiger charge is -2.25. The van der Waals surface area contributed by atoms with Crippen molar-refractivity contribution in [1.82, 2.24) is 15.3 Å². The lowest BCUT2D eigenvalue weighted by atomic mass is 10.0. The van der Waals surface area contributed by atoms with E-state index in [-0.39, 0.29) is 0 Å². The van der Waals surface area contributed by atoms with E-state index in [9.17, 15) is 0 Å². The minimum atomic E-state index is 0.322. The van der Waals surface area contributed by atoms with Crippen molar-refractivity contribution in [3.63, 3.8) is 0 Å². The second-order valence-corrected chi connectivity index (χ2v) is 8.28. The highest BCUT2D eigenvalue weighted by atomic mass is 79.9. The highest BCUT2D eigenvalue weighted by molar-refractivity contribution is 9.10. The SMILES string of the molecule is CCC(Nc1nc(-c2ccc(Br)cc2)nc2ccc(Cl)cc12)C1CCCN1. The van der Waals surface area contributed by atoms with Crippen molar-refractivity contribution in [2.75, 3.05) is 11.9 Å². The summed E-state index contributed by atoms with van der Waals surface area (Å²) >= 11 is 9.75. The summed E-state index contributed by atoms with van der Waals surface area (Å²) in [5.41, 5.74) is 1.88. The molecule has 0 amide bonds. The van der Waals surface area contributed by atoms with Gasteiger partial charge in [0, 0.05) is 32.5 Å². The van der Waals surface area contributed by atoms with Crippen molar-refractivity contribution in [1.29, 1.82) is 0 Å². The fourth-order valence-electron chi connectivity index (χ4n) is 3.66. The summed E-state index contributed by atoms with van der Waals surface area (Å²) in [6, 6.07) is 14.6. The van der Waals surface area contributed by atoms with E-state index in [0.29, 0.717) is 22.9 Å². The predicted molar refractivity (Wildman–Crippen MR) is 116 cm³/mol. The third-order valence-corrected chi connectivity index (χ3v) is 5.87. The van der Waals surface area contributed by atoms with Crippen LogP contribution in [-0.2, 0) is 0 Å². The van der Waals surface area contributed by atoms with Crippen LogP contribution in [-0.4, -0.2) is 28.6 Å². The second-order valence-electron chi connectivity index (χ2n) is 6.93. The smallest absolute Gasteiger partial charge is 0.162 e. The first-order valence-electron chi connectivity index (χ1n) is 9.37. The maximum atomic E-state index is 6.26. The number of aromatic nitrogens is 2. The molecule has 2 heterocycles. The van der Waals surface area contributed by atoms with Gasteiger partial charge in [0.05, 0.1) is 5.52 Å². The van der Waals surface area contributed by atoms with Gasteiger partial charge in [0.2, 0.25) is 0 Å². The lowest BCUT2D eigenvalue weighted by Crippen LogP contribution is -2.40. The zero-order valence-corrected chi connectivity index (χ0v) is 17.5. The van der Waals surface area contributed by atoms with Crippen molar-refractivity contribution in [3.8, 4) is 11.4 Å². The molecule has 27 heavy (non-hydrogen) atoms. The molecule has 1 aromatic heterocycles. The van der Waals surface area contributed by atoms with Gasteiger partial charge in [0.1, 0.15) is 5.82 Å². The standard InChI is InChI=1S/C21H22BrClN4/c1-2-17(19-4-3-11-24-19)25-21-16-12-15(23)9-10-18(16)26-20(27-21)13-5-7-14(22)8-6-13/h5-10,12,17,19,24H,2-4,11H2,1H3,(H,25,26,27). The highest BCUT2D eigenvalue weighted by Crippen LogP contribution is 2.29. The summed E-state index contributed by atoms with van der Waals surface area (Å²) in [7, 11) is 0. The van der Waals surface area contributed by atoms with Gasteiger partial charge in [-0.3, -0.25) is 0 Å². The van der Waals surface area contributed by atoms with Crippen molar-refractivity contribution in [2.45, 2.75) is 38.3 Å². The minimum Gasteiger partial charge on any atom is -0.365 e. The molecule has 1 aliphatic rings. The number of hydrogen-bond acceptors (Lipinski definition) is 4. The van der Waals surface area contributed by atoms with Crippen LogP contribution in [0.1, 0.15) is 26.2 Å². The van der Waals surface area contributed by atoms with Gasteiger partial charge in [-0.2, -0.15) is 0 Å². The third-order valence-electron chi connectivity index (χ3n) is 5.11. The highest BCUT2D eigenvalue weighted by Gasteiger charge is 2.24. The Morgan fingerprint density at radius 3 is 2.74 bits per heavy atom. The Labute approximate surface area is 172 Å². The van der Waals surface area contributed by atoms with E-state index in [1.165, 1.54) is 12.8 Å². The van der Waals surface area contributed by atoms with Crippen LogP contribution in [0.2, 0.25) is 5.02 Å². The van der Waals surface area contributed by atoms with Crippen LogP contribution in [0.25, 0.3) is 22.3 Å². The number of hydrogen-bond donors (Lipinski definition) is 2. The number of benzene rings is 2. The van der Waals surface area contributed by atoms with Crippen molar-refractivity contribution in [2.24, 2.45) is 0 Å². The molecule has 4 rings (SSSR count). The summed E-state index contributed by atoms with van der Waals surface area (Å²) in [5.74, 6) is 1.56. The molecule has 0 aliphatic carbocycles. The van der Waals surface area contributed by atoms with Crippen LogP contribution >= 0.6 is 27.5 Å². The van der Waals surface area contributed by atoms with E-state index < -0.39 is 0 Å². The molecule has 1 saturated heterocycles. The zero-order valence-electron chi connectivity index (χ0n) is 15.2. The summed E-state index contributed by atoms with van der Waals surface area (Å²) in [4.78, 5) is 9.64. The minimum absolute atomic E-state index is 0.322. The lowest BCUT2D eigenvalue weighted by molar-refractivity contribution is 0.498. The van der Waals surface area contributed by atoms with E-state index in [2.05, 4.69) is 33.5 Å². The quantitative estimate of drug-likeness (QED) is 0.532. The maximum absolute atomic E-state index is 6.26. The normalized spacial score (nSPS) is 18.0. The second kappa shape index (κ2) is 8.13. The molecule has 1 fully saturated rings. The average molecular weight is 446 g/mol. The number of anilines is 1. The molecule has 4 nitrogen and oxygen atoms in total. The van der Waals surface area contributed by atoms with Crippen molar-refractivity contribution >= 4 is 44.3 Å². The van der Waals surface area contributed by atoms with Crippen LogP contribution in [0.3, 0.4) is 0 Å². The Morgan fingerprint density at radius 2 is 2.04 bits per heavy atom. The van der Waals surface area contributed by atoms with Crippen LogP contribution in [0.4, 0.5) is 5.82 Å². The molecule has 2 atom stereocenters. The van der Waals surface area contributed by atoms with E-state index in [1.54, 1.807) is 0 Å². The molecule has 0 saturated carbocycles. The molecule has 2 unspecified atom stereocenters. The molecule has 0 bridgehead atoms. The molecule has 1 aliphatic heterocycles. The Morgan fingerprint density at radius 1 is 1.22 bits per heavy atom. The van der Waals surface area contributed by atoms with Crippen LogP contribution in [0, 0.1) is 0 Å². The Hall–Kier alpha value is -1.69. The summed E-state index contributed by atoms with van der Waals surface area (Å²) in [6.07, 6.45) is 3.44. The third kappa shape index (κ3) is 4.10. The fourth-order valence-corrected chi connectivity index (χ4v) is 4.09. The van der Waals surface area contributed by atoms with Gasteiger partial charge in [0.15, 0.2) is 5.82 Å². The van der Waals surface area contributed by atoms with E-state index in [0.717, 1.165) is 39.7 Å².